The van der Waals surface area contributed by atoms with Crippen molar-refractivity contribution in [2.75, 3.05) is 5.32 Å². The lowest BCUT2D eigenvalue weighted by atomic mass is 10.0. The van der Waals surface area contributed by atoms with Gasteiger partial charge in [-0.25, -0.2) is 14.5 Å². The smallest absolute Gasteiger partial charge is 0.312 e. The Morgan fingerprint density at radius 3 is 2.54 bits per heavy atom. The topological polar surface area (TPSA) is 115 Å². The Bertz CT molecular complexity index is 737. The molecule has 0 fully saturated rings. The van der Waals surface area contributed by atoms with Crippen LogP contribution in [0.1, 0.15) is 40.2 Å². The van der Waals surface area contributed by atoms with Crippen molar-refractivity contribution in [1.82, 2.24) is 20.1 Å². The third-order valence-corrected chi connectivity index (χ3v) is 3.53. The Morgan fingerprint density at radius 1 is 1.25 bits per heavy atom. The Kier molecular flexibility index (Phi) is 5.38. The van der Waals surface area contributed by atoms with Gasteiger partial charge in [0, 0.05) is 11.4 Å². The minimum absolute atomic E-state index is 0.200. The molecule has 0 radical (unpaired) electrons. The summed E-state index contributed by atoms with van der Waals surface area (Å²) in [5, 5.41) is 10.4. The van der Waals surface area contributed by atoms with Crippen LogP contribution in [0, 0.1) is 5.92 Å². The molecule has 0 bridgehead atoms. The third-order valence-electron chi connectivity index (χ3n) is 3.53. The van der Waals surface area contributed by atoms with Crippen molar-refractivity contribution in [1.29, 1.82) is 0 Å². The highest BCUT2D eigenvalue weighted by Crippen LogP contribution is 2.19. The van der Waals surface area contributed by atoms with Crippen LogP contribution in [0.2, 0.25) is 0 Å². The summed E-state index contributed by atoms with van der Waals surface area (Å²) in [4.78, 5) is 27.9. The summed E-state index contributed by atoms with van der Waals surface area (Å²) >= 11 is 0. The van der Waals surface area contributed by atoms with Gasteiger partial charge in [0.05, 0.1) is 18.1 Å². The highest BCUT2D eigenvalue weighted by Gasteiger charge is 2.21. The lowest BCUT2D eigenvalue weighted by molar-refractivity contribution is -0.118. The van der Waals surface area contributed by atoms with Gasteiger partial charge in [0.15, 0.2) is 5.65 Å². The summed E-state index contributed by atoms with van der Waals surface area (Å²) in [5.74, 6) is -0.0858. The van der Waals surface area contributed by atoms with E-state index in [0.29, 0.717) is 12.1 Å². The third kappa shape index (κ3) is 4.21. The van der Waals surface area contributed by atoms with Crippen LogP contribution in [0.5, 0.6) is 0 Å². The second-order valence-corrected chi connectivity index (χ2v) is 6.50. The zero-order valence-corrected chi connectivity index (χ0v) is 14.4. The van der Waals surface area contributed by atoms with Gasteiger partial charge in [-0.2, -0.15) is 5.10 Å². The standard InChI is InChI=1S/C16H24N6O2/c1-9(2)5-13(21-16(17)24)15(23)20-12-6-11-7-19-22(10(3)4)14(11)18-8-12/h6-10,13H,5H2,1-4H3,(H,20,23)(H3,17,21,24). The van der Waals surface area contributed by atoms with Gasteiger partial charge in [0.1, 0.15) is 6.04 Å². The monoisotopic (exact) mass is 332 g/mol. The number of fused-ring (bicyclic) bond motifs is 1. The summed E-state index contributed by atoms with van der Waals surface area (Å²) in [5.41, 5.74) is 6.47. The molecule has 1 unspecified atom stereocenters. The zero-order valence-electron chi connectivity index (χ0n) is 14.4. The molecule has 130 valence electrons. The van der Waals surface area contributed by atoms with Gasteiger partial charge in [0.2, 0.25) is 5.91 Å². The van der Waals surface area contributed by atoms with Crippen LogP contribution in [-0.4, -0.2) is 32.7 Å². The van der Waals surface area contributed by atoms with Gasteiger partial charge < -0.3 is 16.4 Å². The Hall–Kier alpha value is -2.64. The summed E-state index contributed by atoms with van der Waals surface area (Å²) in [6.45, 7) is 7.99. The number of hydrogen-bond donors (Lipinski definition) is 3. The summed E-state index contributed by atoms with van der Waals surface area (Å²) < 4.78 is 1.82. The molecule has 0 aliphatic carbocycles. The fourth-order valence-corrected chi connectivity index (χ4v) is 2.49. The number of hydrogen-bond acceptors (Lipinski definition) is 4. The number of aromatic nitrogens is 3. The lowest BCUT2D eigenvalue weighted by Crippen LogP contribution is -2.46. The van der Waals surface area contributed by atoms with E-state index < -0.39 is 12.1 Å². The van der Waals surface area contributed by atoms with Gasteiger partial charge in [-0.05, 0) is 32.3 Å². The number of nitrogens with two attached hydrogens (primary N) is 1. The van der Waals surface area contributed by atoms with Crippen LogP contribution in [-0.2, 0) is 4.79 Å². The number of carbonyl (C=O) groups is 2. The maximum Gasteiger partial charge on any atom is 0.312 e. The maximum absolute atomic E-state index is 12.4. The molecule has 2 rings (SSSR count). The highest BCUT2D eigenvalue weighted by molar-refractivity contribution is 5.97. The van der Waals surface area contributed by atoms with E-state index in [2.05, 4.69) is 20.7 Å². The van der Waals surface area contributed by atoms with Crippen LogP contribution in [0.4, 0.5) is 10.5 Å². The van der Waals surface area contributed by atoms with Crippen LogP contribution < -0.4 is 16.4 Å². The molecule has 2 aromatic heterocycles. The molecular weight excluding hydrogens is 308 g/mol. The van der Waals surface area contributed by atoms with Crippen molar-refractivity contribution in [2.45, 2.75) is 46.2 Å². The van der Waals surface area contributed by atoms with E-state index in [1.54, 1.807) is 12.4 Å². The number of anilines is 1. The van der Waals surface area contributed by atoms with Crippen molar-refractivity contribution < 1.29 is 9.59 Å². The Balaban J connectivity index is 2.17. The van der Waals surface area contributed by atoms with E-state index in [-0.39, 0.29) is 17.9 Å². The molecule has 0 aliphatic rings. The predicted octanol–water partition coefficient (Wildman–Crippen LogP) is 2.03. The van der Waals surface area contributed by atoms with Gasteiger partial charge in [-0.15, -0.1) is 0 Å². The van der Waals surface area contributed by atoms with Crippen LogP contribution >= 0.6 is 0 Å². The molecule has 4 N–H and O–H groups in total. The first kappa shape index (κ1) is 17.7. The number of amides is 3. The quantitative estimate of drug-likeness (QED) is 0.750. The number of urea groups is 1. The van der Waals surface area contributed by atoms with Crippen molar-refractivity contribution in [3.8, 4) is 0 Å². The molecule has 0 aromatic carbocycles. The molecule has 2 heterocycles. The number of pyridine rings is 1. The van der Waals surface area contributed by atoms with Crippen molar-refractivity contribution >= 4 is 28.7 Å². The highest BCUT2D eigenvalue weighted by atomic mass is 16.2. The molecule has 0 spiro atoms. The van der Waals surface area contributed by atoms with Crippen molar-refractivity contribution in [3.63, 3.8) is 0 Å². The first-order valence-corrected chi connectivity index (χ1v) is 7.98. The SMILES string of the molecule is CC(C)CC(NC(N)=O)C(=O)Nc1cnc2c(cnn2C(C)C)c1. The van der Waals surface area contributed by atoms with Crippen molar-refractivity contribution in [3.05, 3.63) is 18.5 Å². The Morgan fingerprint density at radius 2 is 1.96 bits per heavy atom. The molecule has 0 saturated heterocycles. The summed E-state index contributed by atoms with van der Waals surface area (Å²) in [6, 6.07) is 0.604. The van der Waals surface area contributed by atoms with Crippen LogP contribution in [0.3, 0.4) is 0 Å². The average molecular weight is 332 g/mol. The fourth-order valence-electron chi connectivity index (χ4n) is 2.49. The van der Waals surface area contributed by atoms with Gasteiger partial charge >= 0.3 is 6.03 Å². The summed E-state index contributed by atoms with van der Waals surface area (Å²) in [6.07, 6.45) is 3.79. The second kappa shape index (κ2) is 7.29. The molecule has 2 aromatic rings. The van der Waals surface area contributed by atoms with E-state index >= 15 is 0 Å². The first-order valence-electron chi connectivity index (χ1n) is 7.98. The first-order chi connectivity index (χ1) is 11.3. The minimum Gasteiger partial charge on any atom is -0.352 e. The van der Waals surface area contributed by atoms with Gasteiger partial charge in [-0.1, -0.05) is 13.8 Å². The molecule has 0 aliphatic heterocycles. The Labute approximate surface area is 140 Å². The average Bonchev–Trinajstić information content (AvgIpc) is 2.88. The molecule has 24 heavy (non-hydrogen) atoms. The van der Waals surface area contributed by atoms with E-state index in [9.17, 15) is 9.59 Å². The number of nitrogens with zero attached hydrogens (tertiary/aromatic N) is 3. The van der Waals surface area contributed by atoms with Gasteiger partial charge in [-0.3, -0.25) is 4.79 Å². The zero-order chi connectivity index (χ0) is 17.9. The summed E-state index contributed by atoms with van der Waals surface area (Å²) in [7, 11) is 0. The normalized spacial score (nSPS) is 12.6. The lowest BCUT2D eigenvalue weighted by Gasteiger charge is -2.19. The number of rotatable bonds is 6. The number of carbonyl (C=O) groups excluding carboxylic acids is 2. The second-order valence-electron chi connectivity index (χ2n) is 6.50. The molecule has 8 nitrogen and oxygen atoms in total. The molecule has 8 heteroatoms. The van der Waals surface area contributed by atoms with E-state index in [4.69, 9.17) is 5.73 Å². The maximum atomic E-state index is 12.4. The van der Waals surface area contributed by atoms with E-state index in [1.807, 2.05) is 38.4 Å². The predicted molar refractivity (Wildman–Crippen MR) is 92.5 cm³/mol. The van der Waals surface area contributed by atoms with Crippen LogP contribution in [0.25, 0.3) is 11.0 Å². The molecule has 3 amide bonds. The van der Waals surface area contributed by atoms with Crippen LogP contribution in [0.15, 0.2) is 18.5 Å². The molecular formula is C16H24N6O2. The largest absolute Gasteiger partial charge is 0.352 e. The fraction of sp³-hybridized carbons (Fsp3) is 0.500. The van der Waals surface area contributed by atoms with Gasteiger partial charge in [0.25, 0.3) is 0 Å². The van der Waals surface area contributed by atoms with E-state index in [0.717, 1.165) is 11.0 Å². The molecule has 1 atom stereocenters. The molecule has 0 saturated carbocycles. The minimum atomic E-state index is -0.720. The number of nitrogens with one attached hydrogen (secondary N) is 2. The van der Waals surface area contributed by atoms with Crippen molar-refractivity contribution in [2.24, 2.45) is 11.7 Å². The van der Waals surface area contributed by atoms with E-state index in [1.165, 1.54) is 0 Å². The number of primary amides is 1.